The average Bonchev–Trinajstić information content (AvgIpc) is 2.49. The van der Waals surface area contributed by atoms with Crippen LogP contribution in [-0.2, 0) is 14.4 Å². The second kappa shape index (κ2) is 13.2. The van der Waals surface area contributed by atoms with E-state index in [0.29, 0.717) is 6.42 Å². The molecule has 0 bridgehead atoms. The molecule has 0 radical (unpaired) electrons. The number of carboxylic acids is 1. The Morgan fingerprint density at radius 2 is 1.50 bits per heavy atom. The van der Waals surface area contributed by atoms with Crippen molar-refractivity contribution in [2.45, 2.75) is 77.2 Å². The molecule has 0 saturated carbocycles. The molecule has 0 aliphatic rings. The second-order valence-electron chi connectivity index (χ2n) is 5.52. The van der Waals surface area contributed by atoms with Gasteiger partial charge in [0, 0.05) is 19.4 Å². The van der Waals surface area contributed by atoms with Gasteiger partial charge in [0.15, 0.2) is 0 Å². The topological polar surface area (TPSA) is 104 Å². The van der Waals surface area contributed by atoms with Crippen molar-refractivity contribution in [2.75, 3.05) is 6.61 Å². The zero-order valence-corrected chi connectivity index (χ0v) is 13.5. The number of unbranched alkanes of at least 4 members (excludes halogenated alkanes) is 7. The summed E-state index contributed by atoms with van der Waals surface area (Å²) < 4.78 is 0. The molecular weight excluding hydrogens is 286 g/mol. The number of hydrogen-bond donors (Lipinski definition) is 3. The third-order valence-electron chi connectivity index (χ3n) is 3.53. The van der Waals surface area contributed by atoms with Crippen LogP contribution in [0.15, 0.2) is 0 Å². The minimum Gasteiger partial charge on any atom is -0.480 e. The first-order chi connectivity index (χ1) is 10.5. The van der Waals surface area contributed by atoms with Crippen LogP contribution in [0.3, 0.4) is 0 Å². The Balaban J connectivity index is 3.78. The van der Waals surface area contributed by atoms with E-state index in [4.69, 9.17) is 10.2 Å². The van der Waals surface area contributed by atoms with Crippen LogP contribution in [0.5, 0.6) is 0 Å². The Morgan fingerprint density at radius 1 is 0.955 bits per heavy atom. The summed E-state index contributed by atoms with van der Waals surface area (Å²) in [5.41, 5.74) is 0. The minimum atomic E-state index is -1.25. The van der Waals surface area contributed by atoms with Gasteiger partial charge < -0.3 is 15.5 Å². The first-order valence-corrected chi connectivity index (χ1v) is 8.20. The number of aliphatic hydroxyl groups is 1. The fourth-order valence-corrected chi connectivity index (χ4v) is 2.16. The molecule has 1 amide bonds. The molecule has 128 valence electrons. The van der Waals surface area contributed by atoms with E-state index in [1.807, 2.05) is 0 Å². The molecule has 0 aromatic rings. The zero-order chi connectivity index (χ0) is 16.8. The second-order valence-corrected chi connectivity index (χ2v) is 5.52. The van der Waals surface area contributed by atoms with Gasteiger partial charge in [0.2, 0.25) is 5.78 Å². The van der Waals surface area contributed by atoms with Crippen LogP contribution in [0.25, 0.3) is 0 Å². The van der Waals surface area contributed by atoms with Gasteiger partial charge in [-0.2, -0.15) is 0 Å². The van der Waals surface area contributed by atoms with Gasteiger partial charge in [0.05, 0.1) is 0 Å². The number of rotatable bonds is 14. The number of carboxylic acid groups (broad SMARTS) is 1. The Labute approximate surface area is 132 Å². The van der Waals surface area contributed by atoms with Crippen molar-refractivity contribution in [3.63, 3.8) is 0 Å². The molecule has 1 atom stereocenters. The van der Waals surface area contributed by atoms with E-state index in [1.54, 1.807) is 0 Å². The van der Waals surface area contributed by atoms with Gasteiger partial charge >= 0.3 is 5.97 Å². The van der Waals surface area contributed by atoms with Gasteiger partial charge in [-0.3, -0.25) is 9.59 Å². The Morgan fingerprint density at radius 3 is 2.00 bits per heavy atom. The molecule has 0 rings (SSSR count). The summed E-state index contributed by atoms with van der Waals surface area (Å²) in [6.07, 6.45) is 8.75. The molecule has 0 fully saturated rings. The van der Waals surface area contributed by atoms with Crippen LogP contribution in [0.4, 0.5) is 0 Å². The largest absolute Gasteiger partial charge is 0.480 e. The maximum atomic E-state index is 11.6. The van der Waals surface area contributed by atoms with Gasteiger partial charge in [0.25, 0.3) is 5.91 Å². The number of amides is 1. The summed E-state index contributed by atoms with van der Waals surface area (Å²) in [7, 11) is 0. The minimum absolute atomic E-state index is 0.105. The molecule has 0 aromatic carbocycles. The molecule has 0 spiro atoms. The monoisotopic (exact) mass is 315 g/mol. The highest BCUT2D eigenvalue weighted by Gasteiger charge is 2.22. The fourth-order valence-electron chi connectivity index (χ4n) is 2.16. The van der Waals surface area contributed by atoms with Crippen LogP contribution in [0.2, 0.25) is 0 Å². The normalized spacial score (nSPS) is 11.9. The zero-order valence-electron chi connectivity index (χ0n) is 13.5. The van der Waals surface area contributed by atoms with Crippen LogP contribution < -0.4 is 5.32 Å². The molecular formula is C16H29NO5. The van der Waals surface area contributed by atoms with Crippen LogP contribution in [0, 0.1) is 0 Å². The van der Waals surface area contributed by atoms with E-state index >= 15 is 0 Å². The van der Waals surface area contributed by atoms with E-state index in [9.17, 15) is 14.4 Å². The van der Waals surface area contributed by atoms with Crippen LogP contribution in [-0.4, -0.2) is 40.5 Å². The predicted molar refractivity (Wildman–Crippen MR) is 83.5 cm³/mol. The van der Waals surface area contributed by atoms with Crippen molar-refractivity contribution < 1.29 is 24.6 Å². The van der Waals surface area contributed by atoms with E-state index < -0.39 is 23.7 Å². The summed E-state index contributed by atoms with van der Waals surface area (Å²) in [5.74, 6) is -2.71. The molecule has 0 aromatic heterocycles. The first kappa shape index (κ1) is 20.6. The Kier molecular flexibility index (Phi) is 12.4. The molecule has 0 aliphatic heterocycles. The predicted octanol–water partition coefficient (Wildman–Crippen LogP) is 2.04. The quantitative estimate of drug-likeness (QED) is 0.336. The smallest absolute Gasteiger partial charge is 0.326 e. The summed E-state index contributed by atoms with van der Waals surface area (Å²) in [6.45, 7) is 1.82. The number of aliphatic hydroxyl groups excluding tert-OH is 1. The SMILES string of the molecule is CCCCCCCCCCC(=O)C(=O)N[C@@H](CCO)C(=O)O. The standard InChI is InChI=1S/C16H29NO5/c1-2-3-4-5-6-7-8-9-10-14(19)15(20)17-13(11-12-18)16(21)22/h13,18H,2-12H2,1H3,(H,17,20)(H,21,22)/t13-/m0/s1. The van der Waals surface area contributed by atoms with Crippen LogP contribution >= 0.6 is 0 Å². The van der Waals surface area contributed by atoms with Gasteiger partial charge in [0.1, 0.15) is 6.04 Å². The number of hydrogen-bond acceptors (Lipinski definition) is 4. The van der Waals surface area contributed by atoms with Crippen molar-refractivity contribution in [3.8, 4) is 0 Å². The highest BCUT2D eigenvalue weighted by Crippen LogP contribution is 2.09. The van der Waals surface area contributed by atoms with Gasteiger partial charge in [-0.1, -0.05) is 51.9 Å². The lowest BCUT2D eigenvalue weighted by Gasteiger charge is -2.12. The van der Waals surface area contributed by atoms with Crippen molar-refractivity contribution in [3.05, 3.63) is 0 Å². The fraction of sp³-hybridized carbons (Fsp3) is 0.812. The third-order valence-corrected chi connectivity index (χ3v) is 3.53. The first-order valence-electron chi connectivity index (χ1n) is 8.20. The highest BCUT2D eigenvalue weighted by atomic mass is 16.4. The van der Waals surface area contributed by atoms with Crippen molar-refractivity contribution in [1.82, 2.24) is 5.32 Å². The van der Waals surface area contributed by atoms with Gasteiger partial charge in [-0.25, -0.2) is 4.79 Å². The van der Waals surface area contributed by atoms with Crippen molar-refractivity contribution in [1.29, 1.82) is 0 Å². The van der Waals surface area contributed by atoms with E-state index in [0.717, 1.165) is 19.3 Å². The lowest BCUT2D eigenvalue weighted by atomic mass is 10.1. The molecule has 3 N–H and O–H groups in total. The lowest BCUT2D eigenvalue weighted by Crippen LogP contribution is -2.44. The number of nitrogens with one attached hydrogen (secondary N) is 1. The van der Waals surface area contributed by atoms with Crippen LogP contribution in [0.1, 0.15) is 71.1 Å². The number of Topliss-reactive ketones (excluding diaryl/α,β-unsaturated/α-hetero) is 1. The lowest BCUT2D eigenvalue weighted by molar-refractivity contribution is -0.144. The number of ketones is 1. The average molecular weight is 315 g/mol. The number of carbonyl (C=O) groups is 3. The van der Waals surface area contributed by atoms with Gasteiger partial charge in [-0.05, 0) is 6.42 Å². The summed E-state index contributed by atoms with van der Waals surface area (Å²) in [4.78, 5) is 34.0. The number of aliphatic carboxylic acids is 1. The Bertz CT molecular complexity index is 343. The Hall–Kier alpha value is -1.43. The maximum Gasteiger partial charge on any atom is 0.326 e. The summed E-state index contributed by atoms with van der Waals surface area (Å²) >= 11 is 0. The molecule has 0 aliphatic carbocycles. The molecule has 0 heterocycles. The molecule has 0 unspecified atom stereocenters. The number of carbonyl (C=O) groups excluding carboxylic acids is 2. The third kappa shape index (κ3) is 10.3. The maximum absolute atomic E-state index is 11.6. The molecule has 6 heteroatoms. The summed E-state index contributed by atoms with van der Waals surface area (Å²) in [5, 5.41) is 19.7. The van der Waals surface area contributed by atoms with Crippen molar-refractivity contribution in [2.24, 2.45) is 0 Å². The molecule has 0 saturated heterocycles. The summed E-state index contributed by atoms with van der Waals surface area (Å²) in [6, 6.07) is -1.21. The van der Waals surface area contributed by atoms with E-state index in [2.05, 4.69) is 12.2 Å². The van der Waals surface area contributed by atoms with E-state index in [-0.39, 0.29) is 19.4 Å². The van der Waals surface area contributed by atoms with Gasteiger partial charge in [-0.15, -0.1) is 0 Å². The van der Waals surface area contributed by atoms with E-state index in [1.165, 1.54) is 25.7 Å². The highest BCUT2D eigenvalue weighted by molar-refractivity contribution is 6.36. The molecule has 22 heavy (non-hydrogen) atoms. The van der Waals surface area contributed by atoms with Crippen molar-refractivity contribution >= 4 is 17.7 Å². The molecule has 6 nitrogen and oxygen atoms in total.